The van der Waals surface area contributed by atoms with Crippen molar-refractivity contribution in [2.24, 2.45) is 5.92 Å². The maximum Gasteiger partial charge on any atom is 0.0735 e. The lowest BCUT2D eigenvalue weighted by atomic mass is 10.1. The molecule has 0 aromatic rings. The Kier molecular flexibility index (Phi) is 4.61. The molecule has 4 N–H and O–H groups in total. The molecule has 2 unspecified atom stereocenters. The van der Waals surface area contributed by atoms with E-state index >= 15 is 0 Å². The third-order valence-electron chi connectivity index (χ3n) is 1.25. The molecule has 4 nitrogen and oxygen atoms in total. The molecule has 2 atom stereocenters. The fourth-order valence-electron chi connectivity index (χ4n) is 0.416. The molecule has 0 amide bonds. The molecule has 0 saturated carbocycles. The fourth-order valence-corrected chi connectivity index (χ4v) is 0.416. The highest BCUT2D eigenvalue weighted by molar-refractivity contribution is 4.62. The number of hydroxylamine groups is 1. The molecule has 0 fully saturated rings. The largest absolute Gasteiger partial charge is 0.396 e. The minimum Gasteiger partial charge on any atom is -0.396 e. The van der Waals surface area contributed by atoms with E-state index in [1.165, 1.54) is 0 Å². The quantitative estimate of drug-likeness (QED) is 0.371. The van der Waals surface area contributed by atoms with Crippen LogP contribution in [0.25, 0.3) is 0 Å². The van der Waals surface area contributed by atoms with Crippen LogP contribution in [0.5, 0.6) is 0 Å². The van der Waals surface area contributed by atoms with E-state index in [0.29, 0.717) is 0 Å². The van der Waals surface area contributed by atoms with Gasteiger partial charge < -0.3 is 15.4 Å². The van der Waals surface area contributed by atoms with Crippen LogP contribution in [0.4, 0.5) is 0 Å². The molecule has 0 radical (unpaired) electrons. The third kappa shape index (κ3) is 3.42. The van der Waals surface area contributed by atoms with E-state index < -0.39 is 6.10 Å². The van der Waals surface area contributed by atoms with Crippen molar-refractivity contribution in [3.05, 3.63) is 0 Å². The van der Waals surface area contributed by atoms with Gasteiger partial charge in [0.05, 0.1) is 6.10 Å². The minimum absolute atomic E-state index is 0.0666. The van der Waals surface area contributed by atoms with Gasteiger partial charge in [0.2, 0.25) is 0 Å². The molecular formula is C5H13NO3. The van der Waals surface area contributed by atoms with Crippen molar-refractivity contribution in [1.29, 1.82) is 0 Å². The van der Waals surface area contributed by atoms with Gasteiger partial charge in [0, 0.05) is 19.1 Å². The van der Waals surface area contributed by atoms with Gasteiger partial charge in [-0.3, -0.25) is 0 Å². The standard InChI is InChI=1S/C5H13NO3/c1-4(3-7)5(8)2-6-9/h4-9H,2-3H2,1H3. The van der Waals surface area contributed by atoms with Crippen molar-refractivity contribution < 1.29 is 15.4 Å². The number of aliphatic hydroxyl groups excluding tert-OH is 2. The first-order valence-electron chi connectivity index (χ1n) is 2.88. The molecule has 0 bridgehead atoms. The zero-order chi connectivity index (χ0) is 7.28. The van der Waals surface area contributed by atoms with Gasteiger partial charge in [-0.05, 0) is 0 Å². The monoisotopic (exact) mass is 135 g/mol. The predicted molar refractivity (Wildman–Crippen MR) is 32.0 cm³/mol. The van der Waals surface area contributed by atoms with E-state index in [1.54, 1.807) is 6.92 Å². The van der Waals surface area contributed by atoms with Crippen molar-refractivity contribution >= 4 is 0 Å². The van der Waals surface area contributed by atoms with Gasteiger partial charge >= 0.3 is 0 Å². The molecule has 56 valence electrons. The predicted octanol–water partition coefficient (Wildman–Crippen LogP) is -1.05. The molecule has 0 heterocycles. The minimum atomic E-state index is -0.681. The topological polar surface area (TPSA) is 72.7 Å². The number of hydrogen-bond acceptors (Lipinski definition) is 4. The van der Waals surface area contributed by atoms with Crippen LogP contribution in [0.1, 0.15) is 6.92 Å². The van der Waals surface area contributed by atoms with Crippen molar-refractivity contribution in [2.75, 3.05) is 13.2 Å². The summed E-state index contributed by atoms with van der Waals surface area (Å²) in [6, 6.07) is 0. The lowest BCUT2D eigenvalue weighted by Gasteiger charge is -2.14. The Hall–Kier alpha value is -0.160. The van der Waals surface area contributed by atoms with Crippen molar-refractivity contribution in [1.82, 2.24) is 5.48 Å². The highest BCUT2D eigenvalue weighted by Gasteiger charge is 2.11. The Morgan fingerprint density at radius 2 is 2.11 bits per heavy atom. The lowest BCUT2D eigenvalue weighted by Crippen LogP contribution is -2.31. The van der Waals surface area contributed by atoms with Crippen LogP contribution < -0.4 is 5.48 Å². The lowest BCUT2D eigenvalue weighted by molar-refractivity contribution is 0.0401. The number of nitrogens with one attached hydrogen (secondary N) is 1. The first-order chi connectivity index (χ1) is 4.22. The Morgan fingerprint density at radius 1 is 1.56 bits per heavy atom. The van der Waals surface area contributed by atoms with Crippen molar-refractivity contribution in [3.8, 4) is 0 Å². The van der Waals surface area contributed by atoms with E-state index in [4.69, 9.17) is 15.4 Å². The zero-order valence-corrected chi connectivity index (χ0v) is 5.41. The van der Waals surface area contributed by atoms with Gasteiger partial charge in [-0.15, -0.1) is 0 Å². The van der Waals surface area contributed by atoms with Gasteiger partial charge in [-0.1, -0.05) is 6.92 Å². The second kappa shape index (κ2) is 4.69. The molecular weight excluding hydrogens is 122 g/mol. The molecule has 0 rings (SSSR count). The fraction of sp³-hybridized carbons (Fsp3) is 1.00. The van der Waals surface area contributed by atoms with Gasteiger partial charge in [0.1, 0.15) is 0 Å². The summed E-state index contributed by atoms with van der Waals surface area (Å²) in [4.78, 5) is 0. The van der Waals surface area contributed by atoms with Gasteiger partial charge in [0.15, 0.2) is 0 Å². The molecule has 4 heteroatoms. The average molecular weight is 135 g/mol. The Morgan fingerprint density at radius 3 is 2.44 bits per heavy atom. The molecule has 0 spiro atoms. The number of aliphatic hydroxyl groups is 2. The van der Waals surface area contributed by atoms with Gasteiger partial charge in [0.25, 0.3) is 0 Å². The van der Waals surface area contributed by atoms with E-state index in [2.05, 4.69) is 0 Å². The number of rotatable bonds is 4. The summed E-state index contributed by atoms with van der Waals surface area (Å²) < 4.78 is 0. The van der Waals surface area contributed by atoms with E-state index in [9.17, 15) is 0 Å². The molecule has 0 saturated heterocycles. The summed E-state index contributed by atoms with van der Waals surface area (Å²) in [6.45, 7) is 1.73. The molecule has 9 heavy (non-hydrogen) atoms. The highest BCUT2D eigenvalue weighted by Crippen LogP contribution is 1.98. The molecule has 0 aliphatic carbocycles. The van der Waals surface area contributed by atoms with Crippen LogP contribution in [-0.4, -0.2) is 34.7 Å². The van der Waals surface area contributed by atoms with Gasteiger partial charge in [-0.25, -0.2) is 5.48 Å². The van der Waals surface area contributed by atoms with Crippen molar-refractivity contribution in [3.63, 3.8) is 0 Å². The average Bonchev–Trinajstić information content (AvgIpc) is 1.87. The van der Waals surface area contributed by atoms with Crippen LogP contribution >= 0.6 is 0 Å². The second-order valence-electron chi connectivity index (χ2n) is 2.09. The van der Waals surface area contributed by atoms with E-state index in [1.807, 2.05) is 5.48 Å². The summed E-state index contributed by atoms with van der Waals surface area (Å²) in [5.41, 5.74) is 1.82. The zero-order valence-electron chi connectivity index (χ0n) is 5.41. The molecule has 0 aliphatic rings. The summed E-state index contributed by atoms with van der Waals surface area (Å²) in [5.74, 6) is -0.190. The van der Waals surface area contributed by atoms with E-state index in [-0.39, 0.29) is 19.1 Å². The molecule has 0 aliphatic heterocycles. The SMILES string of the molecule is CC(CO)C(O)CNO. The first-order valence-corrected chi connectivity index (χ1v) is 2.88. The van der Waals surface area contributed by atoms with Crippen LogP contribution in [0.15, 0.2) is 0 Å². The Balaban J connectivity index is 3.32. The summed E-state index contributed by atoms with van der Waals surface area (Å²) >= 11 is 0. The van der Waals surface area contributed by atoms with E-state index in [0.717, 1.165) is 0 Å². The smallest absolute Gasteiger partial charge is 0.0735 e. The maximum atomic E-state index is 8.94. The van der Waals surface area contributed by atoms with Crippen LogP contribution in [0.2, 0.25) is 0 Å². The van der Waals surface area contributed by atoms with Crippen LogP contribution in [0.3, 0.4) is 0 Å². The summed E-state index contributed by atoms with van der Waals surface area (Å²) in [7, 11) is 0. The Labute approximate surface area is 54.1 Å². The summed E-state index contributed by atoms with van der Waals surface area (Å²) in [5, 5.41) is 25.5. The second-order valence-corrected chi connectivity index (χ2v) is 2.09. The van der Waals surface area contributed by atoms with Gasteiger partial charge in [-0.2, -0.15) is 0 Å². The van der Waals surface area contributed by atoms with Crippen LogP contribution in [-0.2, 0) is 0 Å². The number of hydrogen-bond donors (Lipinski definition) is 4. The van der Waals surface area contributed by atoms with Crippen molar-refractivity contribution in [2.45, 2.75) is 13.0 Å². The molecule has 0 aromatic carbocycles. The maximum absolute atomic E-state index is 8.94. The normalized spacial score (nSPS) is 17.3. The van der Waals surface area contributed by atoms with Crippen LogP contribution in [0, 0.1) is 5.92 Å². The molecule has 0 aromatic heterocycles. The highest BCUT2D eigenvalue weighted by atomic mass is 16.5. The summed E-state index contributed by atoms with van der Waals surface area (Å²) in [6.07, 6.45) is -0.681. The first kappa shape index (κ1) is 8.84. The Bertz CT molecular complexity index is 69.2. The third-order valence-corrected chi connectivity index (χ3v) is 1.25.